The van der Waals surface area contributed by atoms with Crippen LogP contribution in [-0.2, 0) is 0 Å². The zero-order chi connectivity index (χ0) is 13.8. The summed E-state index contributed by atoms with van der Waals surface area (Å²) in [6.07, 6.45) is 1.12. The van der Waals surface area contributed by atoms with Gasteiger partial charge in [-0.15, -0.1) is 0 Å². The average molecular weight is 346 g/mol. The summed E-state index contributed by atoms with van der Waals surface area (Å²) in [4.78, 5) is 7.89. The topological polar surface area (TPSA) is 49.8 Å². The molecule has 2 rings (SSSR count). The van der Waals surface area contributed by atoms with Crippen LogP contribution in [0, 0.1) is 5.82 Å². The summed E-state index contributed by atoms with van der Waals surface area (Å²) < 4.78 is 14.3. The largest absolute Gasteiger partial charge is 0.354 e. The lowest BCUT2D eigenvalue weighted by atomic mass is 10.3. The first-order valence-electron chi connectivity index (χ1n) is 5.58. The maximum Gasteiger partial charge on any atom is 0.224 e. The van der Waals surface area contributed by atoms with Crippen molar-refractivity contribution >= 4 is 45.0 Å². The smallest absolute Gasteiger partial charge is 0.224 e. The number of anilines is 3. The predicted molar refractivity (Wildman–Crippen MR) is 78.6 cm³/mol. The van der Waals surface area contributed by atoms with E-state index >= 15 is 0 Å². The first-order chi connectivity index (χ1) is 9.10. The molecule has 0 unspecified atom stereocenters. The molecule has 0 aliphatic carbocycles. The summed E-state index contributed by atoms with van der Waals surface area (Å²) in [5.41, 5.74) is 0.677. The lowest BCUT2D eigenvalue weighted by Crippen LogP contribution is -2.05. The fraction of sp³-hybridized carbons (Fsp3) is 0.167. The molecule has 0 aliphatic heterocycles. The van der Waals surface area contributed by atoms with Crippen LogP contribution in [0.3, 0.4) is 0 Å². The quantitative estimate of drug-likeness (QED) is 0.871. The van der Waals surface area contributed by atoms with Crippen LogP contribution in [-0.4, -0.2) is 16.5 Å². The minimum Gasteiger partial charge on any atom is -0.354 e. The number of nitrogens with zero attached hydrogens (tertiary/aromatic N) is 2. The molecular formula is C12H11BrClFN4. The van der Waals surface area contributed by atoms with E-state index in [9.17, 15) is 4.39 Å². The Kier molecular flexibility index (Phi) is 4.55. The van der Waals surface area contributed by atoms with E-state index in [0.29, 0.717) is 23.2 Å². The van der Waals surface area contributed by atoms with Crippen molar-refractivity contribution in [3.8, 4) is 0 Å². The number of benzene rings is 1. The van der Waals surface area contributed by atoms with Crippen LogP contribution in [0.2, 0.25) is 5.02 Å². The van der Waals surface area contributed by atoms with Gasteiger partial charge in [0.25, 0.3) is 0 Å². The Bertz CT molecular complexity index is 594. The predicted octanol–water partition coefficient (Wildman–Crippen LogP) is 4.21. The summed E-state index contributed by atoms with van der Waals surface area (Å²) in [7, 11) is 0. The van der Waals surface area contributed by atoms with Gasteiger partial charge in [-0.1, -0.05) is 11.6 Å². The number of halogens is 3. The van der Waals surface area contributed by atoms with E-state index in [4.69, 9.17) is 11.6 Å². The maximum atomic E-state index is 13.6. The first-order valence-corrected chi connectivity index (χ1v) is 6.75. The fourth-order valence-electron chi connectivity index (χ4n) is 1.41. The lowest BCUT2D eigenvalue weighted by Gasteiger charge is -2.09. The van der Waals surface area contributed by atoms with Crippen LogP contribution in [0.4, 0.5) is 21.8 Å². The highest BCUT2D eigenvalue weighted by atomic mass is 79.9. The van der Waals surface area contributed by atoms with Gasteiger partial charge < -0.3 is 10.6 Å². The van der Waals surface area contributed by atoms with Gasteiger partial charge in [0.2, 0.25) is 5.95 Å². The molecule has 4 nitrogen and oxygen atoms in total. The van der Waals surface area contributed by atoms with Crippen LogP contribution < -0.4 is 10.6 Å². The van der Waals surface area contributed by atoms with Crippen LogP contribution in [0.1, 0.15) is 6.92 Å². The zero-order valence-electron chi connectivity index (χ0n) is 10.0. The molecule has 1 aromatic heterocycles. The third kappa shape index (κ3) is 3.54. The second-order valence-corrected chi connectivity index (χ2v) is 4.94. The monoisotopic (exact) mass is 344 g/mol. The molecule has 0 aliphatic rings. The van der Waals surface area contributed by atoms with Gasteiger partial charge >= 0.3 is 0 Å². The number of nitrogens with one attached hydrogen (secondary N) is 2. The molecule has 7 heteroatoms. The van der Waals surface area contributed by atoms with Crippen molar-refractivity contribution in [3.63, 3.8) is 0 Å². The summed E-state index contributed by atoms with van der Waals surface area (Å²) >= 11 is 9.20. The lowest BCUT2D eigenvalue weighted by molar-refractivity contribution is 0.619. The fourth-order valence-corrected chi connectivity index (χ4v) is 1.91. The minimum absolute atomic E-state index is 0.111. The van der Waals surface area contributed by atoms with Crippen molar-refractivity contribution in [3.05, 3.63) is 39.7 Å². The molecule has 0 spiro atoms. The van der Waals surface area contributed by atoms with Crippen LogP contribution in [0.25, 0.3) is 0 Å². The van der Waals surface area contributed by atoms with E-state index in [1.807, 2.05) is 6.92 Å². The Labute approximate surface area is 123 Å². The number of hydrogen-bond donors (Lipinski definition) is 2. The highest BCUT2D eigenvalue weighted by molar-refractivity contribution is 9.10. The molecule has 1 aromatic carbocycles. The highest BCUT2D eigenvalue weighted by Gasteiger charge is 2.08. The second kappa shape index (κ2) is 6.16. The van der Waals surface area contributed by atoms with Crippen LogP contribution in [0.5, 0.6) is 0 Å². The third-order valence-electron chi connectivity index (χ3n) is 2.26. The Hall–Kier alpha value is -1.40. The van der Waals surface area contributed by atoms with E-state index in [1.54, 1.807) is 18.2 Å². The molecular weight excluding hydrogens is 335 g/mol. The molecule has 0 saturated heterocycles. The van der Waals surface area contributed by atoms with Crippen molar-refractivity contribution in [1.82, 2.24) is 9.97 Å². The van der Waals surface area contributed by atoms with E-state index in [2.05, 4.69) is 36.5 Å². The minimum atomic E-state index is -0.521. The van der Waals surface area contributed by atoms with Gasteiger partial charge in [-0.2, -0.15) is 4.98 Å². The highest BCUT2D eigenvalue weighted by Crippen LogP contribution is 2.27. The number of hydrogen-bond acceptors (Lipinski definition) is 4. The molecule has 19 heavy (non-hydrogen) atoms. The van der Waals surface area contributed by atoms with Gasteiger partial charge in [-0.05, 0) is 41.1 Å². The number of aromatic nitrogens is 2. The zero-order valence-corrected chi connectivity index (χ0v) is 12.4. The molecule has 1 heterocycles. The Morgan fingerprint density at radius 2 is 2.21 bits per heavy atom. The SMILES string of the molecule is CCNc1ncc(F)c(Nc2ccc(Cl)c(Br)c2)n1. The van der Waals surface area contributed by atoms with Crippen molar-refractivity contribution < 1.29 is 4.39 Å². The van der Waals surface area contributed by atoms with Crippen molar-refractivity contribution in [2.24, 2.45) is 0 Å². The van der Waals surface area contributed by atoms with Crippen LogP contribution >= 0.6 is 27.5 Å². The van der Waals surface area contributed by atoms with E-state index < -0.39 is 5.82 Å². The molecule has 2 N–H and O–H groups in total. The molecule has 100 valence electrons. The van der Waals surface area contributed by atoms with Crippen molar-refractivity contribution in [1.29, 1.82) is 0 Å². The van der Waals surface area contributed by atoms with E-state index in [1.165, 1.54) is 0 Å². The number of rotatable bonds is 4. The molecule has 0 bridgehead atoms. The Balaban J connectivity index is 2.26. The summed E-state index contributed by atoms with van der Waals surface area (Å²) in [5, 5.41) is 6.39. The Morgan fingerprint density at radius 3 is 2.89 bits per heavy atom. The van der Waals surface area contributed by atoms with Gasteiger partial charge in [-0.3, -0.25) is 0 Å². The van der Waals surface area contributed by atoms with Crippen molar-refractivity contribution in [2.75, 3.05) is 17.2 Å². The average Bonchev–Trinajstić information content (AvgIpc) is 2.38. The van der Waals surface area contributed by atoms with Gasteiger partial charge in [0, 0.05) is 16.7 Å². The summed E-state index contributed by atoms with van der Waals surface area (Å²) in [5.74, 6) is -0.0349. The van der Waals surface area contributed by atoms with Gasteiger partial charge in [0.15, 0.2) is 11.6 Å². The molecule has 0 radical (unpaired) electrons. The maximum absolute atomic E-state index is 13.6. The summed E-state index contributed by atoms with van der Waals surface area (Å²) in [6.45, 7) is 2.58. The second-order valence-electron chi connectivity index (χ2n) is 3.67. The van der Waals surface area contributed by atoms with Gasteiger partial charge in [-0.25, -0.2) is 9.37 Å². The van der Waals surface area contributed by atoms with E-state index in [-0.39, 0.29) is 5.82 Å². The first kappa shape index (κ1) is 14.0. The molecule has 0 atom stereocenters. The molecule has 2 aromatic rings. The molecule has 0 amide bonds. The van der Waals surface area contributed by atoms with Gasteiger partial charge in [0.05, 0.1) is 11.2 Å². The normalized spacial score (nSPS) is 10.3. The molecule has 0 saturated carbocycles. The van der Waals surface area contributed by atoms with E-state index in [0.717, 1.165) is 10.7 Å². The Morgan fingerprint density at radius 1 is 1.42 bits per heavy atom. The third-order valence-corrected chi connectivity index (χ3v) is 3.48. The summed E-state index contributed by atoms with van der Waals surface area (Å²) in [6, 6.07) is 5.19. The standard InChI is InChI=1S/C12H11BrClFN4/c1-2-16-12-17-6-10(15)11(19-12)18-7-3-4-9(14)8(13)5-7/h3-6H,2H2,1H3,(H2,16,17,18,19). The van der Waals surface area contributed by atoms with Crippen molar-refractivity contribution in [2.45, 2.75) is 6.92 Å². The molecule has 0 fully saturated rings. The van der Waals surface area contributed by atoms with Gasteiger partial charge in [0.1, 0.15) is 0 Å². The van der Waals surface area contributed by atoms with Crippen LogP contribution in [0.15, 0.2) is 28.9 Å².